The van der Waals surface area contributed by atoms with Gasteiger partial charge in [0.05, 0.1) is 11.5 Å². The van der Waals surface area contributed by atoms with E-state index in [4.69, 9.17) is 15.3 Å². The highest BCUT2D eigenvalue weighted by Crippen LogP contribution is 2.10. The van der Waals surface area contributed by atoms with Crippen molar-refractivity contribution in [3.8, 4) is 0 Å². The van der Waals surface area contributed by atoms with Crippen LogP contribution in [0.2, 0.25) is 0 Å². The zero-order chi connectivity index (χ0) is 7.72. The molecule has 1 rings (SSSR count). The molecule has 0 saturated carbocycles. The van der Waals surface area contributed by atoms with Gasteiger partial charge in [0.15, 0.2) is 6.29 Å². The largest absolute Gasteiger partial charge is 0.388 e. The Bertz CT molecular complexity index is 149. The lowest BCUT2D eigenvalue weighted by Gasteiger charge is -2.27. The van der Waals surface area contributed by atoms with Gasteiger partial charge in [0.25, 0.3) is 0 Å². The third kappa shape index (κ3) is 1.33. The molecule has 1 fully saturated rings. The molecule has 0 aromatic rings. The molecule has 0 aliphatic carbocycles. The molecule has 3 atom stereocenters. The molecule has 1 aliphatic rings. The van der Waals surface area contributed by atoms with Crippen LogP contribution in [-0.4, -0.2) is 45.3 Å². The van der Waals surface area contributed by atoms with Crippen LogP contribution in [0.3, 0.4) is 0 Å². The van der Waals surface area contributed by atoms with E-state index in [1.165, 1.54) is 0 Å². The van der Waals surface area contributed by atoms with Crippen molar-refractivity contribution < 1.29 is 20.1 Å². The molecule has 3 N–H and O–H groups in total. The Labute approximate surface area is 63.0 Å². The minimum Gasteiger partial charge on any atom is -0.388 e. The van der Waals surface area contributed by atoms with Gasteiger partial charge in [-0.15, -0.1) is 0 Å². The van der Waals surface area contributed by atoms with Crippen molar-refractivity contribution in [2.24, 2.45) is 0 Å². The Morgan fingerprint density at radius 3 is 2.50 bits per heavy atom. The lowest BCUT2D eigenvalue weighted by atomic mass is 10.1. The third-order valence-electron chi connectivity index (χ3n) is 1.32. The highest BCUT2D eigenvalue weighted by molar-refractivity contribution is 7.80. The first-order valence-corrected chi connectivity index (χ1v) is 3.23. The number of ether oxygens (including phenoxy) is 1. The smallest absolute Gasteiger partial charge is 0.190 e. The van der Waals surface area contributed by atoms with Crippen LogP contribution in [0.1, 0.15) is 0 Å². The van der Waals surface area contributed by atoms with E-state index in [-0.39, 0.29) is 11.5 Å². The first-order chi connectivity index (χ1) is 4.63. The maximum atomic E-state index is 8.99. The highest BCUT2D eigenvalue weighted by atomic mass is 32.1. The fourth-order valence-electron chi connectivity index (χ4n) is 0.699. The maximum absolute atomic E-state index is 8.99. The van der Waals surface area contributed by atoms with Gasteiger partial charge < -0.3 is 20.1 Å². The number of aliphatic hydroxyl groups excluding tert-OH is 3. The zero-order valence-electron chi connectivity index (χ0n) is 5.10. The standard InChI is InChI=1S/C5H8O4S/c6-2-1-9-5(8)4(10)3(2)7/h2-3,5-8H,1H2/t2?,3-,5?/m1/s1. The van der Waals surface area contributed by atoms with Crippen LogP contribution in [0, 0.1) is 0 Å². The van der Waals surface area contributed by atoms with Crippen LogP contribution >= 0.6 is 12.2 Å². The molecule has 58 valence electrons. The monoisotopic (exact) mass is 164 g/mol. The van der Waals surface area contributed by atoms with Crippen LogP contribution in [0.15, 0.2) is 0 Å². The molecule has 2 unspecified atom stereocenters. The van der Waals surface area contributed by atoms with E-state index in [0.29, 0.717) is 0 Å². The fourth-order valence-corrected chi connectivity index (χ4v) is 0.924. The molecular formula is C5H8O4S. The van der Waals surface area contributed by atoms with E-state index in [0.717, 1.165) is 0 Å². The first kappa shape index (κ1) is 8.03. The lowest BCUT2D eigenvalue weighted by molar-refractivity contribution is -0.121. The van der Waals surface area contributed by atoms with Gasteiger partial charge in [-0.05, 0) is 0 Å². The Kier molecular flexibility index (Phi) is 2.32. The second-order valence-electron chi connectivity index (χ2n) is 2.10. The van der Waals surface area contributed by atoms with Crippen LogP contribution in [0.4, 0.5) is 0 Å². The average Bonchev–Trinajstić information content (AvgIpc) is 1.93. The number of hydrogen-bond acceptors (Lipinski definition) is 5. The lowest BCUT2D eigenvalue weighted by Crippen LogP contribution is -2.48. The molecule has 1 saturated heterocycles. The van der Waals surface area contributed by atoms with Crippen molar-refractivity contribution in [3.05, 3.63) is 0 Å². The van der Waals surface area contributed by atoms with E-state index >= 15 is 0 Å². The molecular weight excluding hydrogens is 156 g/mol. The second-order valence-corrected chi connectivity index (χ2v) is 2.57. The Balaban J connectivity index is 2.60. The minimum absolute atomic E-state index is 0.0567. The van der Waals surface area contributed by atoms with E-state index in [1.807, 2.05) is 0 Å². The average molecular weight is 164 g/mol. The number of rotatable bonds is 0. The number of thiocarbonyl (C=S) groups is 1. The summed E-state index contributed by atoms with van der Waals surface area (Å²) in [6.07, 6.45) is -3.36. The van der Waals surface area contributed by atoms with E-state index < -0.39 is 18.5 Å². The Morgan fingerprint density at radius 2 is 2.00 bits per heavy atom. The molecule has 10 heavy (non-hydrogen) atoms. The predicted octanol–water partition coefficient (Wildman–Crippen LogP) is -1.57. The van der Waals surface area contributed by atoms with Crippen LogP contribution in [0.25, 0.3) is 0 Å². The molecule has 0 spiro atoms. The minimum atomic E-state index is -1.21. The quantitative estimate of drug-likeness (QED) is 0.377. The molecule has 0 amide bonds. The molecule has 5 heteroatoms. The normalized spacial score (nSPS) is 41.9. The van der Waals surface area contributed by atoms with Gasteiger partial charge in [0, 0.05) is 0 Å². The van der Waals surface area contributed by atoms with Crippen molar-refractivity contribution >= 4 is 17.1 Å². The van der Waals surface area contributed by atoms with Gasteiger partial charge in [0.2, 0.25) is 0 Å². The van der Waals surface area contributed by atoms with Gasteiger partial charge in [-0.1, -0.05) is 12.2 Å². The molecule has 0 bridgehead atoms. The van der Waals surface area contributed by atoms with Crippen molar-refractivity contribution in [3.63, 3.8) is 0 Å². The molecule has 4 nitrogen and oxygen atoms in total. The van der Waals surface area contributed by atoms with E-state index in [9.17, 15) is 0 Å². The zero-order valence-corrected chi connectivity index (χ0v) is 5.91. The molecule has 0 radical (unpaired) electrons. The van der Waals surface area contributed by atoms with Crippen LogP contribution in [0.5, 0.6) is 0 Å². The number of aliphatic hydroxyl groups is 3. The van der Waals surface area contributed by atoms with Crippen molar-refractivity contribution in [2.45, 2.75) is 18.5 Å². The van der Waals surface area contributed by atoms with Crippen molar-refractivity contribution in [2.75, 3.05) is 6.61 Å². The molecule has 0 aromatic carbocycles. The van der Waals surface area contributed by atoms with Crippen molar-refractivity contribution in [1.29, 1.82) is 0 Å². The van der Waals surface area contributed by atoms with Gasteiger partial charge in [-0.25, -0.2) is 0 Å². The topological polar surface area (TPSA) is 69.9 Å². The Hall–Kier alpha value is -0.0700. The van der Waals surface area contributed by atoms with Gasteiger partial charge in [-0.2, -0.15) is 0 Å². The Morgan fingerprint density at radius 1 is 1.40 bits per heavy atom. The maximum Gasteiger partial charge on any atom is 0.190 e. The van der Waals surface area contributed by atoms with E-state index in [1.54, 1.807) is 0 Å². The predicted molar refractivity (Wildman–Crippen MR) is 36.6 cm³/mol. The van der Waals surface area contributed by atoms with Crippen LogP contribution in [-0.2, 0) is 4.74 Å². The summed E-state index contributed by atoms with van der Waals surface area (Å²) < 4.78 is 4.58. The third-order valence-corrected chi connectivity index (χ3v) is 1.77. The molecule has 0 aromatic heterocycles. The van der Waals surface area contributed by atoms with Crippen molar-refractivity contribution in [1.82, 2.24) is 0 Å². The molecule has 1 aliphatic heterocycles. The summed E-state index contributed by atoms with van der Waals surface area (Å²) in [7, 11) is 0. The first-order valence-electron chi connectivity index (χ1n) is 2.82. The summed E-state index contributed by atoms with van der Waals surface area (Å²) in [6, 6.07) is 0. The van der Waals surface area contributed by atoms with Crippen LogP contribution < -0.4 is 0 Å². The van der Waals surface area contributed by atoms with Gasteiger partial charge >= 0.3 is 0 Å². The SMILES string of the molecule is OC1OCC(O)[C@@H](O)C1=S. The van der Waals surface area contributed by atoms with E-state index in [2.05, 4.69) is 17.0 Å². The molecule has 1 heterocycles. The summed E-state index contributed by atoms with van der Waals surface area (Å²) in [6.45, 7) is -0.0809. The second kappa shape index (κ2) is 2.89. The summed E-state index contributed by atoms with van der Waals surface area (Å²) in [5, 5.41) is 26.7. The summed E-state index contributed by atoms with van der Waals surface area (Å²) in [4.78, 5) is -0.0567. The summed E-state index contributed by atoms with van der Waals surface area (Å²) in [5.74, 6) is 0. The van der Waals surface area contributed by atoms with Gasteiger partial charge in [-0.3, -0.25) is 0 Å². The number of hydrogen-bond donors (Lipinski definition) is 3. The van der Waals surface area contributed by atoms with Gasteiger partial charge in [0.1, 0.15) is 12.2 Å². The summed E-state index contributed by atoms with van der Waals surface area (Å²) in [5.41, 5.74) is 0. The summed E-state index contributed by atoms with van der Waals surface area (Å²) >= 11 is 4.54. The fraction of sp³-hybridized carbons (Fsp3) is 0.800. The highest BCUT2D eigenvalue weighted by Gasteiger charge is 2.32.